The Labute approximate surface area is 114 Å². The number of nitrogens with one attached hydrogen (secondary N) is 1. The van der Waals surface area contributed by atoms with Crippen molar-refractivity contribution in [1.29, 1.82) is 0 Å². The summed E-state index contributed by atoms with van der Waals surface area (Å²) in [6, 6.07) is 1.76. The minimum Gasteiger partial charge on any atom is -0.316 e. The van der Waals surface area contributed by atoms with Gasteiger partial charge < -0.3 is 5.32 Å². The van der Waals surface area contributed by atoms with Crippen molar-refractivity contribution in [2.24, 2.45) is 5.92 Å². The molecule has 4 nitrogen and oxygen atoms in total. The van der Waals surface area contributed by atoms with E-state index < -0.39 is 0 Å². The van der Waals surface area contributed by atoms with Crippen LogP contribution in [-0.2, 0) is 13.0 Å². The zero-order chi connectivity index (χ0) is 13.2. The van der Waals surface area contributed by atoms with E-state index in [9.17, 15) is 4.79 Å². The highest BCUT2D eigenvalue weighted by Crippen LogP contribution is 2.24. The van der Waals surface area contributed by atoms with E-state index in [-0.39, 0.29) is 5.56 Å². The van der Waals surface area contributed by atoms with E-state index in [0.29, 0.717) is 11.8 Å². The minimum atomic E-state index is 0.148. The summed E-state index contributed by atoms with van der Waals surface area (Å²) in [5, 5.41) is 3.43. The first-order chi connectivity index (χ1) is 9.24. The normalized spacial score (nSPS) is 27.0. The molecule has 1 aromatic rings. The molecule has 0 bridgehead atoms. The largest absolute Gasteiger partial charge is 0.316 e. The highest BCUT2D eigenvalue weighted by atomic mass is 16.1. The Balaban J connectivity index is 1.84. The molecule has 104 valence electrons. The SMILES string of the molecule is CC1CCCn2c1nc(CC1CCCNC1)cc2=O. The molecule has 2 atom stereocenters. The van der Waals surface area contributed by atoms with Crippen LogP contribution in [-0.4, -0.2) is 22.6 Å². The molecule has 1 N–H and O–H groups in total. The maximum absolute atomic E-state index is 12.2. The Bertz CT molecular complexity index is 503. The molecule has 2 unspecified atom stereocenters. The molecule has 2 aliphatic heterocycles. The summed E-state index contributed by atoms with van der Waals surface area (Å²) in [5.74, 6) is 2.07. The molecule has 4 heteroatoms. The Kier molecular flexibility index (Phi) is 3.69. The predicted molar refractivity (Wildman–Crippen MR) is 75.4 cm³/mol. The average molecular weight is 261 g/mol. The summed E-state index contributed by atoms with van der Waals surface area (Å²) in [7, 11) is 0. The quantitative estimate of drug-likeness (QED) is 0.881. The van der Waals surface area contributed by atoms with Gasteiger partial charge in [-0.1, -0.05) is 6.92 Å². The number of rotatable bonds is 2. The van der Waals surface area contributed by atoms with Gasteiger partial charge in [0.25, 0.3) is 5.56 Å². The number of fused-ring (bicyclic) bond motifs is 1. The molecule has 0 aliphatic carbocycles. The van der Waals surface area contributed by atoms with E-state index in [1.165, 1.54) is 12.8 Å². The van der Waals surface area contributed by atoms with Gasteiger partial charge in [-0.2, -0.15) is 0 Å². The van der Waals surface area contributed by atoms with E-state index in [2.05, 4.69) is 12.2 Å². The van der Waals surface area contributed by atoms with Crippen LogP contribution in [0, 0.1) is 5.92 Å². The standard InChI is InChI=1S/C15H23N3O/c1-11-4-3-7-18-14(19)9-13(17-15(11)18)8-12-5-2-6-16-10-12/h9,11-12,16H,2-8,10H2,1H3. The van der Waals surface area contributed by atoms with Crippen molar-refractivity contribution in [1.82, 2.24) is 14.9 Å². The lowest BCUT2D eigenvalue weighted by Crippen LogP contribution is -2.33. The lowest BCUT2D eigenvalue weighted by molar-refractivity contribution is 0.370. The van der Waals surface area contributed by atoms with Crippen LogP contribution in [0.25, 0.3) is 0 Å². The Hall–Kier alpha value is -1.16. The second-order valence-electron chi connectivity index (χ2n) is 6.06. The molecule has 2 aliphatic rings. The summed E-state index contributed by atoms with van der Waals surface area (Å²) in [6.07, 6.45) is 5.69. The van der Waals surface area contributed by atoms with Gasteiger partial charge in [-0.15, -0.1) is 0 Å². The van der Waals surface area contributed by atoms with Gasteiger partial charge in [-0.25, -0.2) is 4.98 Å². The van der Waals surface area contributed by atoms with Crippen LogP contribution in [0.3, 0.4) is 0 Å². The number of piperidine rings is 1. The maximum atomic E-state index is 12.2. The summed E-state index contributed by atoms with van der Waals surface area (Å²) < 4.78 is 1.87. The molecular weight excluding hydrogens is 238 g/mol. The van der Waals surface area contributed by atoms with Gasteiger partial charge in [-0.3, -0.25) is 9.36 Å². The van der Waals surface area contributed by atoms with Crippen molar-refractivity contribution < 1.29 is 0 Å². The van der Waals surface area contributed by atoms with Gasteiger partial charge in [0.15, 0.2) is 0 Å². The van der Waals surface area contributed by atoms with Crippen molar-refractivity contribution >= 4 is 0 Å². The second-order valence-corrected chi connectivity index (χ2v) is 6.06. The maximum Gasteiger partial charge on any atom is 0.253 e. The predicted octanol–water partition coefficient (Wildman–Crippen LogP) is 1.68. The lowest BCUT2D eigenvalue weighted by Gasteiger charge is -2.25. The fourth-order valence-electron chi connectivity index (χ4n) is 3.36. The van der Waals surface area contributed by atoms with Crippen molar-refractivity contribution in [2.45, 2.75) is 51.5 Å². The van der Waals surface area contributed by atoms with Crippen LogP contribution in [0.1, 0.15) is 50.0 Å². The van der Waals surface area contributed by atoms with Crippen LogP contribution in [0.4, 0.5) is 0 Å². The van der Waals surface area contributed by atoms with Gasteiger partial charge >= 0.3 is 0 Å². The van der Waals surface area contributed by atoms with Crippen molar-refractivity contribution in [2.75, 3.05) is 13.1 Å². The Morgan fingerprint density at radius 3 is 3.11 bits per heavy atom. The van der Waals surface area contributed by atoms with E-state index in [1.54, 1.807) is 6.07 Å². The third-order valence-electron chi connectivity index (χ3n) is 4.45. The molecule has 1 aromatic heterocycles. The first kappa shape index (κ1) is 12.9. The van der Waals surface area contributed by atoms with E-state index >= 15 is 0 Å². The third-order valence-corrected chi connectivity index (χ3v) is 4.45. The van der Waals surface area contributed by atoms with Gasteiger partial charge in [0.05, 0.1) is 0 Å². The monoisotopic (exact) mass is 261 g/mol. The van der Waals surface area contributed by atoms with E-state index in [4.69, 9.17) is 4.98 Å². The summed E-state index contributed by atoms with van der Waals surface area (Å²) in [4.78, 5) is 17.0. The molecular formula is C15H23N3O. The van der Waals surface area contributed by atoms with Crippen molar-refractivity contribution in [3.05, 3.63) is 27.9 Å². The average Bonchev–Trinajstić information content (AvgIpc) is 2.41. The van der Waals surface area contributed by atoms with Crippen LogP contribution in [0.15, 0.2) is 10.9 Å². The lowest BCUT2D eigenvalue weighted by atomic mass is 9.94. The van der Waals surface area contributed by atoms with E-state index in [1.807, 2.05) is 4.57 Å². The fourth-order valence-corrected chi connectivity index (χ4v) is 3.36. The smallest absolute Gasteiger partial charge is 0.253 e. The highest BCUT2D eigenvalue weighted by Gasteiger charge is 2.21. The number of aromatic nitrogens is 2. The molecule has 3 heterocycles. The first-order valence-corrected chi connectivity index (χ1v) is 7.55. The molecule has 3 rings (SSSR count). The van der Waals surface area contributed by atoms with Crippen LogP contribution in [0.2, 0.25) is 0 Å². The Morgan fingerprint density at radius 2 is 2.32 bits per heavy atom. The molecule has 0 amide bonds. The topological polar surface area (TPSA) is 46.9 Å². The number of hydrogen-bond donors (Lipinski definition) is 1. The summed E-state index contributed by atoms with van der Waals surface area (Å²) in [5.41, 5.74) is 1.15. The second kappa shape index (κ2) is 5.45. The van der Waals surface area contributed by atoms with Crippen LogP contribution < -0.4 is 10.9 Å². The molecule has 19 heavy (non-hydrogen) atoms. The molecule has 0 spiro atoms. The zero-order valence-corrected chi connectivity index (χ0v) is 11.7. The van der Waals surface area contributed by atoms with Crippen LogP contribution in [0.5, 0.6) is 0 Å². The summed E-state index contributed by atoms with van der Waals surface area (Å²) in [6.45, 7) is 5.23. The minimum absolute atomic E-state index is 0.148. The van der Waals surface area contributed by atoms with Crippen molar-refractivity contribution in [3.63, 3.8) is 0 Å². The van der Waals surface area contributed by atoms with Crippen molar-refractivity contribution in [3.8, 4) is 0 Å². The molecule has 1 saturated heterocycles. The number of nitrogens with zero attached hydrogens (tertiary/aromatic N) is 2. The summed E-state index contributed by atoms with van der Waals surface area (Å²) >= 11 is 0. The van der Waals surface area contributed by atoms with Crippen LogP contribution >= 0.6 is 0 Å². The van der Waals surface area contributed by atoms with Gasteiger partial charge in [0.2, 0.25) is 0 Å². The molecule has 0 saturated carbocycles. The molecule has 0 aromatic carbocycles. The molecule has 0 radical (unpaired) electrons. The van der Waals surface area contributed by atoms with Gasteiger partial charge in [0.1, 0.15) is 5.82 Å². The molecule has 1 fully saturated rings. The fraction of sp³-hybridized carbons (Fsp3) is 0.733. The van der Waals surface area contributed by atoms with Gasteiger partial charge in [-0.05, 0) is 51.1 Å². The van der Waals surface area contributed by atoms with E-state index in [0.717, 1.165) is 50.4 Å². The number of hydrogen-bond acceptors (Lipinski definition) is 3. The van der Waals surface area contributed by atoms with Gasteiger partial charge in [0, 0.05) is 24.2 Å². The first-order valence-electron chi connectivity index (χ1n) is 7.55. The highest BCUT2D eigenvalue weighted by molar-refractivity contribution is 5.10. The zero-order valence-electron chi connectivity index (χ0n) is 11.7. The third kappa shape index (κ3) is 2.73. The Morgan fingerprint density at radius 1 is 1.42 bits per heavy atom.